The summed E-state index contributed by atoms with van der Waals surface area (Å²) in [4.78, 5) is 3.48. The molecule has 0 spiro atoms. The third kappa shape index (κ3) is 2.40. The molecule has 1 saturated heterocycles. The largest absolute Gasteiger partial charge is 0.363 e. The van der Waals surface area contributed by atoms with Crippen LogP contribution in [0.15, 0.2) is 79.0 Å². The summed E-state index contributed by atoms with van der Waals surface area (Å²) in [6.07, 6.45) is 4.41. The molecule has 2 atom stereocenters. The molecule has 2 heteroatoms. The van der Waals surface area contributed by atoms with Crippen molar-refractivity contribution in [2.45, 2.75) is 24.3 Å². The molecule has 2 nitrogen and oxygen atoms in total. The van der Waals surface area contributed by atoms with Crippen molar-refractivity contribution in [2.75, 3.05) is 6.54 Å². The molecule has 3 aromatic rings. The lowest BCUT2D eigenvalue weighted by molar-refractivity contribution is 0.258. The van der Waals surface area contributed by atoms with Crippen molar-refractivity contribution < 1.29 is 0 Å². The minimum Gasteiger partial charge on any atom is -0.363 e. The van der Waals surface area contributed by atoms with Crippen LogP contribution in [0.5, 0.6) is 0 Å². The zero-order chi connectivity index (χ0) is 15.5. The molecule has 1 aliphatic rings. The van der Waals surface area contributed by atoms with Crippen molar-refractivity contribution in [3.8, 4) is 0 Å². The maximum atomic E-state index is 3.87. The lowest BCUT2D eigenvalue weighted by Gasteiger charge is -2.45. The number of aromatic nitrogens is 1. The first-order valence-electron chi connectivity index (χ1n) is 8.40. The molecule has 1 aliphatic heterocycles. The quantitative estimate of drug-likeness (QED) is 0.736. The van der Waals surface area contributed by atoms with Crippen molar-refractivity contribution >= 4 is 0 Å². The molecule has 116 valence electrons. The van der Waals surface area contributed by atoms with Crippen molar-refractivity contribution in [3.05, 3.63) is 95.8 Å². The number of piperidine rings is 1. The second-order valence-corrected chi connectivity index (χ2v) is 6.29. The summed E-state index contributed by atoms with van der Waals surface area (Å²) in [5, 5.41) is 3.87. The third-order valence-electron chi connectivity index (χ3n) is 5.05. The number of hydrogen-bond acceptors (Lipinski definition) is 1. The Balaban J connectivity index is 1.92. The van der Waals surface area contributed by atoms with Gasteiger partial charge in [-0.3, -0.25) is 0 Å². The predicted molar refractivity (Wildman–Crippen MR) is 94.4 cm³/mol. The van der Waals surface area contributed by atoms with Gasteiger partial charge in [0, 0.05) is 17.8 Å². The van der Waals surface area contributed by atoms with Crippen LogP contribution in [-0.4, -0.2) is 11.5 Å². The van der Waals surface area contributed by atoms with Crippen LogP contribution in [0.25, 0.3) is 0 Å². The molecular weight excluding hydrogens is 280 g/mol. The molecule has 23 heavy (non-hydrogen) atoms. The monoisotopic (exact) mass is 302 g/mol. The first-order chi connectivity index (χ1) is 11.4. The molecule has 0 aliphatic carbocycles. The fourth-order valence-electron chi connectivity index (χ4n) is 4.05. The Morgan fingerprint density at radius 3 is 2.26 bits per heavy atom. The van der Waals surface area contributed by atoms with E-state index in [0.29, 0.717) is 5.92 Å². The Kier molecular flexibility index (Phi) is 3.76. The van der Waals surface area contributed by atoms with E-state index in [1.54, 1.807) is 0 Å². The highest BCUT2D eigenvalue weighted by Crippen LogP contribution is 2.46. The molecular formula is C21H22N2. The Hall–Kier alpha value is -2.32. The standard InChI is InChI=1S/C21H22N2/c1-3-9-17(10-4-1)19-13-7-16-23-21(19,20-14-8-15-22-20)18-11-5-2-6-12-18/h1-6,8-12,14-15,19,22-23H,7,13,16H2. The first-order valence-corrected chi connectivity index (χ1v) is 8.40. The van der Waals surface area contributed by atoms with Crippen molar-refractivity contribution in [1.82, 2.24) is 10.3 Å². The fourth-order valence-corrected chi connectivity index (χ4v) is 4.05. The topological polar surface area (TPSA) is 27.8 Å². The second kappa shape index (κ2) is 6.05. The molecule has 1 fully saturated rings. The molecule has 0 radical (unpaired) electrons. The molecule has 2 heterocycles. The zero-order valence-corrected chi connectivity index (χ0v) is 13.2. The second-order valence-electron chi connectivity index (χ2n) is 6.29. The van der Waals surface area contributed by atoms with Gasteiger partial charge >= 0.3 is 0 Å². The van der Waals surface area contributed by atoms with Crippen LogP contribution in [-0.2, 0) is 5.54 Å². The van der Waals surface area contributed by atoms with Gasteiger partial charge in [0.1, 0.15) is 0 Å². The van der Waals surface area contributed by atoms with E-state index in [4.69, 9.17) is 0 Å². The van der Waals surface area contributed by atoms with Gasteiger partial charge in [0.2, 0.25) is 0 Å². The van der Waals surface area contributed by atoms with E-state index in [1.807, 2.05) is 6.20 Å². The summed E-state index contributed by atoms with van der Waals surface area (Å²) in [6.45, 7) is 1.04. The summed E-state index contributed by atoms with van der Waals surface area (Å²) >= 11 is 0. The zero-order valence-electron chi connectivity index (χ0n) is 13.2. The third-order valence-corrected chi connectivity index (χ3v) is 5.05. The smallest absolute Gasteiger partial charge is 0.0910 e. The van der Waals surface area contributed by atoms with E-state index in [2.05, 4.69) is 83.1 Å². The molecule has 0 bridgehead atoms. The van der Waals surface area contributed by atoms with E-state index in [1.165, 1.54) is 29.7 Å². The molecule has 0 amide bonds. The van der Waals surface area contributed by atoms with Gasteiger partial charge in [-0.1, -0.05) is 60.7 Å². The number of hydrogen-bond donors (Lipinski definition) is 2. The Labute approximate surface area is 137 Å². The Bertz CT molecular complexity index is 734. The molecule has 2 aromatic carbocycles. The fraction of sp³-hybridized carbons (Fsp3) is 0.238. The van der Waals surface area contributed by atoms with Gasteiger partial charge in [-0.05, 0) is 42.6 Å². The SMILES string of the molecule is c1ccc(C2CCCNC2(c2ccccc2)c2ccc[nH]2)cc1. The van der Waals surface area contributed by atoms with Crippen LogP contribution in [0.3, 0.4) is 0 Å². The van der Waals surface area contributed by atoms with Crippen LogP contribution in [0, 0.1) is 0 Å². The lowest BCUT2D eigenvalue weighted by atomic mass is 9.68. The normalized spacial score (nSPS) is 24.4. The van der Waals surface area contributed by atoms with E-state index in [0.717, 1.165) is 6.54 Å². The van der Waals surface area contributed by atoms with Gasteiger partial charge in [-0.25, -0.2) is 0 Å². The van der Waals surface area contributed by atoms with Crippen LogP contribution in [0.1, 0.15) is 35.6 Å². The van der Waals surface area contributed by atoms with Gasteiger partial charge in [0.25, 0.3) is 0 Å². The van der Waals surface area contributed by atoms with Crippen LogP contribution >= 0.6 is 0 Å². The van der Waals surface area contributed by atoms with Crippen molar-refractivity contribution in [1.29, 1.82) is 0 Å². The number of benzene rings is 2. The highest BCUT2D eigenvalue weighted by atomic mass is 15.0. The Morgan fingerprint density at radius 1 is 0.826 bits per heavy atom. The maximum Gasteiger partial charge on any atom is 0.0910 e. The Morgan fingerprint density at radius 2 is 1.57 bits per heavy atom. The summed E-state index contributed by atoms with van der Waals surface area (Å²) < 4.78 is 0. The molecule has 4 rings (SSSR count). The van der Waals surface area contributed by atoms with Crippen molar-refractivity contribution in [3.63, 3.8) is 0 Å². The van der Waals surface area contributed by atoms with Gasteiger partial charge in [-0.2, -0.15) is 0 Å². The van der Waals surface area contributed by atoms with Gasteiger partial charge < -0.3 is 10.3 Å². The molecule has 0 saturated carbocycles. The van der Waals surface area contributed by atoms with Gasteiger partial charge in [0.15, 0.2) is 0 Å². The van der Waals surface area contributed by atoms with Gasteiger partial charge in [-0.15, -0.1) is 0 Å². The highest BCUT2D eigenvalue weighted by Gasteiger charge is 2.44. The lowest BCUT2D eigenvalue weighted by Crippen LogP contribution is -2.52. The van der Waals surface area contributed by atoms with Crippen LogP contribution < -0.4 is 5.32 Å². The molecule has 1 aromatic heterocycles. The summed E-state index contributed by atoms with van der Waals surface area (Å²) in [7, 11) is 0. The maximum absolute atomic E-state index is 3.87. The summed E-state index contributed by atoms with van der Waals surface area (Å²) in [5.74, 6) is 0.415. The van der Waals surface area contributed by atoms with E-state index in [9.17, 15) is 0 Å². The van der Waals surface area contributed by atoms with E-state index < -0.39 is 0 Å². The minimum atomic E-state index is -0.190. The average molecular weight is 302 g/mol. The van der Waals surface area contributed by atoms with E-state index in [-0.39, 0.29) is 5.54 Å². The molecule has 2 N–H and O–H groups in total. The van der Waals surface area contributed by atoms with Gasteiger partial charge in [0.05, 0.1) is 5.54 Å². The number of nitrogens with one attached hydrogen (secondary N) is 2. The predicted octanol–water partition coefficient (Wildman–Crippen LogP) is 4.43. The summed E-state index contributed by atoms with van der Waals surface area (Å²) in [5.41, 5.74) is 3.79. The average Bonchev–Trinajstić information content (AvgIpc) is 3.18. The highest BCUT2D eigenvalue weighted by molar-refractivity contribution is 5.42. The first kappa shape index (κ1) is 14.3. The number of H-pyrrole nitrogens is 1. The van der Waals surface area contributed by atoms with Crippen molar-refractivity contribution in [2.24, 2.45) is 0 Å². The summed E-state index contributed by atoms with van der Waals surface area (Å²) in [6, 6.07) is 26.1. The minimum absolute atomic E-state index is 0.190. The molecule has 2 unspecified atom stereocenters. The van der Waals surface area contributed by atoms with Crippen LogP contribution in [0.2, 0.25) is 0 Å². The van der Waals surface area contributed by atoms with E-state index >= 15 is 0 Å². The number of aromatic amines is 1. The number of rotatable bonds is 3. The van der Waals surface area contributed by atoms with Crippen LogP contribution in [0.4, 0.5) is 0 Å².